The van der Waals surface area contributed by atoms with Crippen LogP contribution in [0.2, 0.25) is 5.02 Å². The molecule has 4 nitrogen and oxygen atoms in total. The van der Waals surface area contributed by atoms with Crippen LogP contribution in [0.25, 0.3) is 0 Å². The Hall–Kier alpha value is -1.94. The third-order valence-electron chi connectivity index (χ3n) is 4.95. The van der Waals surface area contributed by atoms with Crippen molar-refractivity contribution in [3.63, 3.8) is 0 Å². The summed E-state index contributed by atoms with van der Waals surface area (Å²) in [5.74, 6) is 0.469. The van der Waals surface area contributed by atoms with Crippen molar-refractivity contribution in [1.82, 2.24) is 9.88 Å². The van der Waals surface area contributed by atoms with Gasteiger partial charge < -0.3 is 14.8 Å². The number of anilines is 1. The largest absolute Gasteiger partial charge is 0.371 e. The van der Waals surface area contributed by atoms with Gasteiger partial charge in [-0.05, 0) is 56.0 Å². The van der Waals surface area contributed by atoms with Gasteiger partial charge in [0.15, 0.2) is 0 Å². The number of aromatic nitrogens is 1. The van der Waals surface area contributed by atoms with Crippen LogP contribution in [-0.4, -0.2) is 30.1 Å². The number of nitrogens with zero attached hydrogens (tertiary/aromatic N) is 2. The summed E-state index contributed by atoms with van der Waals surface area (Å²) in [5, 5.41) is 3.85. The smallest absolute Gasteiger partial charge is 0.267 e. The average molecular weight is 346 g/mol. The van der Waals surface area contributed by atoms with Crippen LogP contribution in [0.3, 0.4) is 0 Å². The molecule has 1 aromatic carbocycles. The number of hydrogen-bond acceptors (Lipinski definition) is 2. The van der Waals surface area contributed by atoms with E-state index in [0.29, 0.717) is 18.2 Å². The molecule has 1 atom stereocenters. The molecule has 128 valence electrons. The second-order valence-corrected chi connectivity index (χ2v) is 7.10. The molecule has 1 aliphatic rings. The molecule has 24 heavy (non-hydrogen) atoms. The second-order valence-electron chi connectivity index (χ2n) is 6.66. The molecule has 3 rings (SSSR count). The Morgan fingerprint density at radius 1 is 1.29 bits per heavy atom. The Labute approximate surface area is 148 Å². The first-order chi connectivity index (χ1) is 11.5. The second kappa shape index (κ2) is 6.89. The van der Waals surface area contributed by atoms with Gasteiger partial charge in [-0.15, -0.1) is 0 Å². The van der Waals surface area contributed by atoms with E-state index in [2.05, 4.69) is 23.2 Å². The first-order valence-corrected chi connectivity index (χ1v) is 8.75. The van der Waals surface area contributed by atoms with E-state index in [4.69, 9.17) is 11.6 Å². The molecule has 2 aromatic rings. The van der Waals surface area contributed by atoms with E-state index in [-0.39, 0.29) is 5.91 Å². The number of amides is 1. The lowest BCUT2D eigenvalue weighted by molar-refractivity contribution is 0.0940. The topological polar surface area (TPSA) is 37.3 Å². The Bertz CT molecular complexity index is 753. The summed E-state index contributed by atoms with van der Waals surface area (Å²) in [5.41, 5.74) is 4.24. The van der Waals surface area contributed by atoms with Crippen LogP contribution in [0.1, 0.15) is 28.2 Å². The first-order valence-electron chi connectivity index (χ1n) is 8.37. The zero-order valence-electron chi connectivity index (χ0n) is 14.5. The van der Waals surface area contributed by atoms with Crippen LogP contribution < -0.4 is 10.2 Å². The zero-order valence-corrected chi connectivity index (χ0v) is 15.2. The molecule has 1 amide bonds. The predicted octanol–water partition coefficient (Wildman–Crippen LogP) is 3.55. The number of aryl methyl sites for hydroxylation is 2. The molecule has 1 fully saturated rings. The van der Waals surface area contributed by atoms with E-state index < -0.39 is 0 Å². The number of benzene rings is 1. The van der Waals surface area contributed by atoms with Crippen LogP contribution in [0.5, 0.6) is 0 Å². The SMILES string of the molecule is Cc1ccc(Cl)cc1N1CCC(CNC(=O)c2ccc(C)n2C)C1. The third kappa shape index (κ3) is 3.44. The highest BCUT2D eigenvalue weighted by Gasteiger charge is 2.24. The summed E-state index contributed by atoms with van der Waals surface area (Å²) < 4.78 is 1.92. The van der Waals surface area contributed by atoms with Gasteiger partial charge in [0.25, 0.3) is 5.91 Å². The van der Waals surface area contributed by atoms with Gasteiger partial charge in [0.2, 0.25) is 0 Å². The lowest BCUT2D eigenvalue weighted by Gasteiger charge is -2.21. The van der Waals surface area contributed by atoms with Gasteiger partial charge in [-0.3, -0.25) is 4.79 Å². The minimum atomic E-state index is 0.00276. The van der Waals surface area contributed by atoms with E-state index in [0.717, 1.165) is 30.2 Å². The van der Waals surface area contributed by atoms with Crippen molar-refractivity contribution in [2.45, 2.75) is 20.3 Å². The quantitative estimate of drug-likeness (QED) is 0.920. The number of carbonyl (C=O) groups excluding carboxylic acids is 1. The van der Waals surface area contributed by atoms with Crippen molar-refractivity contribution in [1.29, 1.82) is 0 Å². The van der Waals surface area contributed by atoms with Gasteiger partial charge in [-0.2, -0.15) is 0 Å². The molecule has 0 bridgehead atoms. The summed E-state index contributed by atoms with van der Waals surface area (Å²) >= 11 is 6.13. The Morgan fingerprint density at radius 3 is 2.79 bits per heavy atom. The molecule has 0 spiro atoms. The Kier molecular flexibility index (Phi) is 4.86. The van der Waals surface area contributed by atoms with Gasteiger partial charge in [0.05, 0.1) is 0 Å². The highest BCUT2D eigenvalue weighted by Crippen LogP contribution is 2.29. The van der Waals surface area contributed by atoms with E-state index in [1.165, 1.54) is 11.3 Å². The molecule has 5 heteroatoms. The van der Waals surface area contributed by atoms with Crippen LogP contribution in [0, 0.1) is 19.8 Å². The minimum absolute atomic E-state index is 0.00276. The lowest BCUT2D eigenvalue weighted by atomic mass is 10.1. The van der Waals surface area contributed by atoms with Crippen LogP contribution in [-0.2, 0) is 7.05 Å². The molecule has 0 saturated carbocycles. The standard InChI is InChI=1S/C19H24ClN3O/c1-13-4-6-16(20)10-18(13)23-9-8-15(12-23)11-21-19(24)17-7-5-14(2)22(17)3/h4-7,10,15H,8-9,11-12H2,1-3H3,(H,21,24). The van der Waals surface area contributed by atoms with Gasteiger partial charge in [0, 0.05) is 43.1 Å². The minimum Gasteiger partial charge on any atom is -0.371 e. The van der Waals surface area contributed by atoms with Crippen molar-refractivity contribution in [2.75, 3.05) is 24.5 Å². The molecule has 1 saturated heterocycles. The molecule has 1 N–H and O–H groups in total. The van der Waals surface area contributed by atoms with E-state index in [1.54, 1.807) is 0 Å². The fourth-order valence-electron chi connectivity index (χ4n) is 3.31. The van der Waals surface area contributed by atoms with Gasteiger partial charge in [0.1, 0.15) is 5.69 Å². The Balaban J connectivity index is 1.58. The van der Waals surface area contributed by atoms with E-state index >= 15 is 0 Å². The Morgan fingerprint density at radius 2 is 2.08 bits per heavy atom. The van der Waals surface area contributed by atoms with Crippen molar-refractivity contribution >= 4 is 23.2 Å². The molecule has 1 unspecified atom stereocenters. The molecule has 0 aliphatic carbocycles. The highest BCUT2D eigenvalue weighted by molar-refractivity contribution is 6.30. The maximum Gasteiger partial charge on any atom is 0.267 e. The van der Waals surface area contributed by atoms with Gasteiger partial charge in [-0.1, -0.05) is 17.7 Å². The number of rotatable bonds is 4. The molecule has 2 heterocycles. The van der Waals surface area contributed by atoms with Crippen molar-refractivity contribution in [2.24, 2.45) is 13.0 Å². The summed E-state index contributed by atoms with van der Waals surface area (Å²) in [6.07, 6.45) is 1.08. The lowest BCUT2D eigenvalue weighted by Crippen LogP contribution is -2.32. The monoisotopic (exact) mass is 345 g/mol. The van der Waals surface area contributed by atoms with Gasteiger partial charge in [-0.25, -0.2) is 0 Å². The third-order valence-corrected chi connectivity index (χ3v) is 5.19. The molecular formula is C19H24ClN3O. The number of hydrogen-bond donors (Lipinski definition) is 1. The number of carbonyl (C=O) groups is 1. The van der Waals surface area contributed by atoms with E-state index in [1.807, 2.05) is 42.8 Å². The predicted molar refractivity (Wildman–Crippen MR) is 99.0 cm³/mol. The normalized spacial score (nSPS) is 17.3. The summed E-state index contributed by atoms with van der Waals surface area (Å²) in [6.45, 7) is 6.77. The molecule has 0 radical (unpaired) electrons. The van der Waals surface area contributed by atoms with Crippen LogP contribution in [0.15, 0.2) is 30.3 Å². The van der Waals surface area contributed by atoms with Crippen molar-refractivity contribution in [3.8, 4) is 0 Å². The van der Waals surface area contributed by atoms with Crippen LogP contribution in [0.4, 0.5) is 5.69 Å². The number of nitrogens with one attached hydrogen (secondary N) is 1. The summed E-state index contributed by atoms with van der Waals surface area (Å²) in [6, 6.07) is 9.86. The van der Waals surface area contributed by atoms with Crippen molar-refractivity contribution < 1.29 is 4.79 Å². The zero-order chi connectivity index (χ0) is 17.3. The maximum absolute atomic E-state index is 12.3. The van der Waals surface area contributed by atoms with Crippen LogP contribution >= 0.6 is 11.6 Å². The molecule has 1 aliphatic heterocycles. The molecule has 1 aromatic heterocycles. The fraction of sp³-hybridized carbons (Fsp3) is 0.421. The molecular weight excluding hydrogens is 322 g/mol. The first kappa shape index (κ1) is 16.9. The fourth-order valence-corrected chi connectivity index (χ4v) is 3.48. The van der Waals surface area contributed by atoms with Crippen molar-refractivity contribution in [3.05, 3.63) is 52.3 Å². The van der Waals surface area contributed by atoms with Gasteiger partial charge >= 0.3 is 0 Å². The van der Waals surface area contributed by atoms with E-state index in [9.17, 15) is 4.79 Å². The maximum atomic E-state index is 12.3. The summed E-state index contributed by atoms with van der Waals surface area (Å²) in [4.78, 5) is 14.7. The summed E-state index contributed by atoms with van der Waals surface area (Å²) in [7, 11) is 1.92. The number of halogens is 1. The average Bonchev–Trinajstić information content (AvgIpc) is 3.15. The highest BCUT2D eigenvalue weighted by atomic mass is 35.5.